The number of hydrogen-bond donors (Lipinski definition) is 2. The lowest BCUT2D eigenvalue weighted by atomic mass is 9.99. The highest BCUT2D eigenvalue weighted by Crippen LogP contribution is 2.18. The lowest BCUT2D eigenvalue weighted by Crippen LogP contribution is -2.36. The van der Waals surface area contributed by atoms with Gasteiger partial charge in [-0.15, -0.1) is 0 Å². The van der Waals surface area contributed by atoms with E-state index in [2.05, 4.69) is 46.4 Å². The number of hydrogen-bond acceptors (Lipinski definition) is 4. The van der Waals surface area contributed by atoms with Gasteiger partial charge < -0.3 is 14.9 Å². The van der Waals surface area contributed by atoms with Gasteiger partial charge in [-0.1, -0.05) is 31.2 Å². The summed E-state index contributed by atoms with van der Waals surface area (Å²) in [6.07, 6.45) is 2.59. The van der Waals surface area contributed by atoms with Gasteiger partial charge in [-0.3, -0.25) is 19.3 Å². The van der Waals surface area contributed by atoms with E-state index in [-0.39, 0.29) is 5.91 Å². The average molecular weight is 435 g/mol. The number of nitrogens with zero attached hydrogens (tertiary/aromatic N) is 2. The molecule has 1 fully saturated rings. The summed E-state index contributed by atoms with van der Waals surface area (Å²) in [5.41, 5.74) is 2.56. The van der Waals surface area contributed by atoms with Crippen LogP contribution in [0.5, 0.6) is 0 Å². The fraction of sp³-hybridized carbons (Fsp3) is 0.400. The van der Waals surface area contributed by atoms with Crippen molar-refractivity contribution in [3.05, 3.63) is 79.9 Å². The van der Waals surface area contributed by atoms with Crippen LogP contribution in [0.1, 0.15) is 48.2 Å². The number of aryl methyl sites for hydroxylation is 1. The Bertz CT molecular complexity index is 1230. The molecule has 3 aromatic rings. The molecule has 0 spiro atoms. The lowest BCUT2D eigenvalue weighted by Gasteiger charge is -2.30. The number of aromatic amines is 1. The molecule has 0 saturated carbocycles. The van der Waals surface area contributed by atoms with E-state index in [1.807, 2.05) is 0 Å². The van der Waals surface area contributed by atoms with Crippen molar-refractivity contribution in [2.75, 3.05) is 13.1 Å². The number of likely N-dealkylation sites (tertiary alicyclic amines) is 1. The van der Waals surface area contributed by atoms with Crippen molar-refractivity contribution in [1.82, 2.24) is 19.8 Å². The largest absolute Gasteiger partial charge is 0.348 e. The Hall–Kier alpha value is -3.19. The molecule has 0 radical (unpaired) electrons. The summed E-state index contributed by atoms with van der Waals surface area (Å²) in [5.74, 6) is 0.536. The zero-order chi connectivity index (χ0) is 22.7. The molecular weight excluding hydrogens is 404 g/mol. The highest BCUT2D eigenvalue weighted by atomic mass is 16.2. The van der Waals surface area contributed by atoms with Crippen molar-refractivity contribution in [2.45, 2.75) is 46.3 Å². The van der Waals surface area contributed by atoms with Gasteiger partial charge in [0.05, 0.1) is 11.0 Å². The third-order valence-corrected chi connectivity index (χ3v) is 6.18. The molecular formula is C25H30N4O3. The number of nitrogens with one attached hydrogen (secondary N) is 2. The Morgan fingerprint density at radius 2 is 1.88 bits per heavy atom. The normalized spacial score (nSPS) is 16.9. The molecule has 2 heterocycles. The van der Waals surface area contributed by atoms with E-state index in [4.69, 9.17) is 0 Å². The highest BCUT2D eigenvalue weighted by Gasteiger charge is 2.16. The zero-order valence-electron chi connectivity index (χ0n) is 18.7. The van der Waals surface area contributed by atoms with Crippen LogP contribution in [0.3, 0.4) is 0 Å². The first kappa shape index (κ1) is 22.0. The molecule has 7 nitrogen and oxygen atoms in total. The maximum atomic E-state index is 12.7. The predicted molar refractivity (Wildman–Crippen MR) is 126 cm³/mol. The minimum absolute atomic E-state index is 0.228. The van der Waals surface area contributed by atoms with Crippen molar-refractivity contribution in [3.8, 4) is 0 Å². The third-order valence-electron chi connectivity index (χ3n) is 6.18. The van der Waals surface area contributed by atoms with Crippen LogP contribution in [0.4, 0.5) is 0 Å². The van der Waals surface area contributed by atoms with Crippen molar-refractivity contribution < 1.29 is 4.79 Å². The summed E-state index contributed by atoms with van der Waals surface area (Å²) >= 11 is 0. The Morgan fingerprint density at radius 1 is 1.12 bits per heavy atom. The van der Waals surface area contributed by atoms with E-state index >= 15 is 0 Å². The van der Waals surface area contributed by atoms with Gasteiger partial charge in [0.25, 0.3) is 5.91 Å². The van der Waals surface area contributed by atoms with Crippen molar-refractivity contribution >= 4 is 16.9 Å². The van der Waals surface area contributed by atoms with Crippen LogP contribution in [0.25, 0.3) is 11.0 Å². The number of aromatic nitrogens is 2. The lowest BCUT2D eigenvalue weighted by molar-refractivity contribution is 0.0951. The molecule has 2 N–H and O–H groups in total. The topological polar surface area (TPSA) is 87.2 Å². The van der Waals surface area contributed by atoms with Gasteiger partial charge in [-0.25, -0.2) is 0 Å². The molecule has 1 saturated heterocycles. The maximum Gasteiger partial charge on any atom is 0.316 e. The Labute approximate surface area is 187 Å². The maximum absolute atomic E-state index is 12.7. The van der Waals surface area contributed by atoms with E-state index in [1.165, 1.54) is 23.0 Å². The standard InChI is InChI=1S/C25H30N4O3/c1-3-29-22-11-10-20(13-21(22)27-24(31)25(29)32)23(30)26-14-18-6-8-19(9-7-18)16-28-12-4-5-17(2)15-28/h6-11,13,17H,3-5,12,14-16H2,1-2H3,(H,26,30)(H,27,31). The van der Waals surface area contributed by atoms with Gasteiger partial charge in [-0.2, -0.15) is 0 Å². The highest BCUT2D eigenvalue weighted by molar-refractivity contribution is 5.97. The van der Waals surface area contributed by atoms with Crippen LogP contribution in [0, 0.1) is 5.92 Å². The number of carbonyl (C=O) groups is 1. The first-order chi connectivity index (χ1) is 15.4. The summed E-state index contributed by atoms with van der Waals surface area (Å²) < 4.78 is 1.40. The second-order valence-corrected chi connectivity index (χ2v) is 8.72. The van der Waals surface area contributed by atoms with Crippen molar-refractivity contribution in [1.29, 1.82) is 0 Å². The quantitative estimate of drug-likeness (QED) is 0.584. The third kappa shape index (κ3) is 4.83. The summed E-state index contributed by atoms with van der Waals surface area (Å²) in [7, 11) is 0. The van der Waals surface area contributed by atoms with Crippen LogP contribution in [-0.2, 0) is 19.6 Å². The number of benzene rings is 2. The number of amides is 1. The van der Waals surface area contributed by atoms with Crippen LogP contribution in [0.15, 0.2) is 52.1 Å². The van der Waals surface area contributed by atoms with E-state index in [1.54, 1.807) is 25.1 Å². The van der Waals surface area contributed by atoms with Crippen LogP contribution in [-0.4, -0.2) is 33.4 Å². The smallest absolute Gasteiger partial charge is 0.316 e. The molecule has 1 atom stereocenters. The van der Waals surface area contributed by atoms with E-state index in [0.717, 1.165) is 31.1 Å². The first-order valence-corrected chi connectivity index (χ1v) is 11.3. The number of fused-ring (bicyclic) bond motifs is 1. The van der Waals surface area contributed by atoms with Gasteiger partial charge in [0.1, 0.15) is 0 Å². The summed E-state index contributed by atoms with van der Waals surface area (Å²) in [4.78, 5) is 41.6. The molecule has 1 aliphatic heterocycles. The van der Waals surface area contributed by atoms with Crippen molar-refractivity contribution in [2.24, 2.45) is 5.92 Å². The molecule has 7 heteroatoms. The Morgan fingerprint density at radius 3 is 2.59 bits per heavy atom. The van der Waals surface area contributed by atoms with E-state index < -0.39 is 11.1 Å². The minimum Gasteiger partial charge on any atom is -0.348 e. The summed E-state index contributed by atoms with van der Waals surface area (Å²) in [5, 5.41) is 2.93. The van der Waals surface area contributed by atoms with Crippen LogP contribution in [0.2, 0.25) is 0 Å². The summed E-state index contributed by atoms with van der Waals surface area (Å²) in [6, 6.07) is 13.4. The van der Waals surface area contributed by atoms with Gasteiger partial charge >= 0.3 is 11.1 Å². The number of piperidine rings is 1. The fourth-order valence-corrected chi connectivity index (χ4v) is 4.47. The first-order valence-electron chi connectivity index (χ1n) is 11.3. The molecule has 1 aromatic heterocycles. The Kier molecular flexibility index (Phi) is 6.55. The zero-order valence-corrected chi connectivity index (χ0v) is 18.7. The van der Waals surface area contributed by atoms with Gasteiger partial charge in [0.15, 0.2) is 0 Å². The average Bonchev–Trinajstić information content (AvgIpc) is 2.79. The molecule has 0 aliphatic carbocycles. The SMILES string of the molecule is CCn1c(=O)c(=O)[nH]c2cc(C(=O)NCc3ccc(CN4CCCC(C)C4)cc3)ccc21. The number of H-pyrrole nitrogens is 1. The van der Waals surface area contributed by atoms with Gasteiger partial charge in [0, 0.05) is 31.7 Å². The summed E-state index contributed by atoms with van der Waals surface area (Å²) in [6.45, 7) is 8.21. The molecule has 4 rings (SSSR count). The van der Waals surface area contributed by atoms with Gasteiger partial charge in [0.2, 0.25) is 0 Å². The molecule has 1 unspecified atom stereocenters. The van der Waals surface area contributed by atoms with Crippen LogP contribution < -0.4 is 16.4 Å². The molecule has 2 aromatic carbocycles. The second-order valence-electron chi connectivity index (χ2n) is 8.72. The monoisotopic (exact) mass is 434 g/mol. The Balaban J connectivity index is 1.40. The molecule has 168 valence electrons. The van der Waals surface area contributed by atoms with E-state index in [0.29, 0.717) is 29.7 Å². The van der Waals surface area contributed by atoms with Crippen molar-refractivity contribution in [3.63, 3.8) is 0 Å². The number of rotatable bonds is 6. The molecule has 0 bridgehead atoms. The fourth-order valence-electron chi connectivity index (χ4n) is 4.47. The van der Waals surface area contributed by atoms with Crippen LogP contribution >= 0.6 is 0 Å². The molecule has 1 amide bonds. The predicted octanol–water partition coefficient (Wildman–Crippen LogP) is 2.87. The number of carbonyl (C=O) groups excluding carboxylic acids is 1. The van der Waals surface area contributed by atoms with Gasteiger partial charge in [-0.05, 0) is 61.6 Å². The van der Waals surface area contributed by atoms with E-state index in [9.17, 15) is 14.4 Å². The second kappa shape index (κ2) is 9.53. The minimum atomic E-state index is -0.684. The molecule has 32 heavy (non-hydrogen) atoms. The molecule has 1 aliphatic rings.